The minimum Gasteiger partial charge on any atom is -0.371 e. The standard InChI is InChI=1S/C40H44N4O4/c1-40(2,3)47-34-26-35(37-41-36(42-48-37)17-11-16-28-12-7-5-8-13-28)44(27-34)39(46)33-21-19-30-24-32(20-18-31(30)25-33)38(45)43(4)23-22-29-14-9-6-10-15-29/h5-10,12-15,18-21,24-25,34-35H,11,16-17,22-23,26-27H2,1-4H3/t34-,35+/m1/s1. The average Bonchev–Trinajstić information content (AvgIpc) is 3.73. The second kappa shape index (κ2) is 14.5. The first-order chi connectivity index (χ1) is 23.1. The molecule has 2 amide bonds. The van der Waals surface area contributed by atoms with Crippen molar-refractivity contribution in [3.63, 3.8) is 0 Å². The molecule has 6 rings (SSSR count). The van der Waals surface area contributed by atoms with Crippen LogP contribution in [0.25, 0.3) is 10.8 Å². The molecule has 0 saturated carbocycles. The average molecular weight is 645 g/mol. The van der Waals surface area contributed by atoms with E-state index in [1.165, 1.54) is 11.1 Å². The van der Waals surface area contributed by atoms with Crippen molar-refractivity contribution in [3.05, 3.63) is 131 Å². The Morgan fingerprint density at radius 3 is 2.15 bits per heavy atom. The second-order valence-corrected chi connectivity index (χ2v) is 13.7. The van der Waals surface area contributed by atoms with Gasteiger partial charge in [-0.15, -0.1) is 0 Å². The van der Waals surface area contributed by atoms with Crippen LogP contribution in [0.5, 0.6) is 0 Å². The summed E-state index contributed by atoms with van der Waals surface area (Å²) in [6.45, 7) is 7.11. The van der Waals surface area contributed by atoms with Gasteiger partial charge in [-0.25, -0.2) is 0 Å². The summed E-state index contributed by atoms with van der Waals surface area (Å²) in [7, 11) is 1.83. The highest BCUT2D eigenvalue weighted by Crippen LogP contribution is 2.36. The zero-order valence-electron chi connectivity index (χ0n) is 28.3. The highest BCUT2D eigenvalue weighted by molar-refractivity contribution is 6.02. The highest BCUT2D eigenvalue weighted by Gasteiger charge is 2.41. The van der Waals surface area contributed by atoms with Crippen LogP contribution in [0, 0.1) is 0 Å². The molecule has 8 heteroatoms. The van der Waals surface area contributed by atoms with E-state index in [-0.39, 0.29) is 29.6 Å². The fourth-order valence-corrected chi connectivity index (χ4v) is 6.38. The molecule has 2 atom stereocenters. The molecule has 0 radical (unpaired) electrons. The molecule has 248 valence electrons. The number of benzene rings is 4. The second-order valence-electron chi connectivity index (χ2n) is 13.7. The topological polar surface area (TPSA) is 88.8 Å². The molecule has 0 unspecified atom stereocenters. The summed E-state index contributed by atoms with van der Waals surface area (Å²) in [5.74, 6) is 0.942. The van der Waals surface area contributed by atoms with Gasteiger partial charge in [-0.3, -0.25) is 9.59 Å². The highest BCUT2D eigenvalue weighted by atomic mass is 16.5. The molecule has 0 N–H and O–H groups in total. The van der Waals surface area contributed by atoms with E-state index in [2.05, 4.69) is 29.4 Å². The van der Waals surface area contributed by atoms with Crippen molar-refractivity contribution in [1.82, 2.24) is 19.9 Å². The van der Waals surface area contributed by atoms with Crippen LogP contribution < -0.4 is 0 Å². The van der Waals surface area contributed by atoms with Crippen molar-refractivity contribution in [2.24, 2.45) is 0 Å². The first-order valence-electron chi connectivity index (χ1n) is 16.8. The van der Waals surface area contributed by atoms with Crippen LogP contribution in [0.2, 0.25) is 0 Å². The molecule has 8 nitrogen and oxygen atoms in total. The minimum atomic E-state index is -0.387. The third-order valence-electron chi connectivity index (χ3n) is 8.78. The third kappa shape index (κ3) is 8.17. The van der Waals surface area contributed by atoms with Gasteiger partial charge in [-0.1, -0.05) is 78.0 Å². The summed E-state index contributed by atoms with van der Waals surface area (Å²) >= 11 is 0. The zero-order chi connectivity index (χ0) is 33.7. The molecule has 1 aromatic heterocycles. The summed E-state index contributed by atoms with van der Waals surface area (Å²) in [4.78, 5) is 35.6. The lowest BCUT2D eigenvalue weighted by Gasteiger charge is -2.25. The maximum atomic E-state index is 14.1. The van der Waals surface area contributed by atoms with E-state index in [1.54, 1.807) is 9.80 Å². The molecule has 0 aliphatic carbocycles. The molecular formula is C40H44N4O4. The zero-order valence-corrected chi connectivity index (χ0v) is 28.3. The Bertz CT molecular complexity index is 1850. The van der Waals surface area contributed by atoms with E-state index in [1.807, 2.05) is 101 Å². The fourth-order valence-electron chi connectivity index (χ4n) is 6.38. The first kappa shape index (κ1) is 33.1. The Labute approximate surface area is 282 Å². The number of ether oxygens (including phenoxy) is 1. The van der Waals surface area contributed by atoms with Gasteiger partial charge < -0.3 is 19.1 Å². The fraction of sp³-hybridized carbons (Fsp3) is 0.350. The molecule has 1 fully saturated rings. The normalized spacial score (nSPS) is 16.4. The summed E-state index contributed by atoms with van der Waals surface area (Å²) in [6.07, 6.45) is 3.73. The van der Waals surface area contributed by atoms with E-state index >= 15 is 0 Å². The smallest absolute Gasteiger partial charge is 0.254 e. The lowest BCUT2D eigenvalue weighted by molar-refractivity contribution is -0.0535. The minimum absolute atomic E-state index is 0.0308. The predicted octanol–water partition coefficient (Wildman–Crippen LogP) is 7.48. The van der Waals surface area contributed by atoms with Crippen LogP contribution in [0.4, 0.5) is 0 Å². The summed E-state index contributed by atoms with van der Waals surface area (Å²) in [6, 6.07) is 31.4. The van der Waals surface area contributed by atoms with Crippen molar-refractivity contribution >= 4 is 22.6 Å². The predicted molar refractivity (Wildman–Crippen MR) is 187 cm³/mol. The van der Waals surface area contributed by atoms with Gasteiger partial charge >= 0.3 is 0 Å². The van der Waals surface area contributed by atoms with E-state index in [0.29, 0.717) is 48.8 Å². The summed E-state index contributed by atoms with van der Waals surface area (Å²) in [5.41, 5.74) is 3.29. The molecular weight excluding hydrogens is 600 g/mol. The summed E-state index contributed by atoms with van der Waals surface area (Å²) in [5, 5.41) is 6.06. The van der Waals surface area contributed by atoms with Gasteiger partial charge in [0.15, 0.2) is 5.82 Å². The molecule has 48 heavy (non-hydrogen) atoms. The number of hydrogen-bond donors (Lipinski definition) is 0. The van der Waals surface area contributed by atoms with E-state index in [0.717, 1.165) is 30.0 Å². The van der Waals surface area contributed by atoms with Crippen LogP contribution in [0.3, 0.4) is 0 Å². The van der Waals surface area contributed by atoms with E-state index in [4.69, 9.17) is 14.2 Å². The molecule has 4 aromatic carbocycles. The number of aromatic nitrogens is 2. The van der Waals surface area contributed by atoms with Gasteiger partial charge in [0.05, 0.1) is 11.7 Å². The molecule has 1 aliphatic heterocycles. The van der Waals surface area contributed by atoms with E-state index < -0.39 is 0 Å². The monoisotopic (exact) mass is 644 g/mol. The first-order valence-corrected chi connectivity index (χ1v) is 16.8. The van der Waals surface area contributed by atoms with E-state index in [9.17, 15) is 9.59 Å². The number of nitrogens with zero attached hydrogens (tertiary/aromatic N) is 4. The number of likely N-dealkylation sites (N-methyl/N-ethyl adjacent to an activating group) is 1. The van der Waals surface area contributed by atoms with Gasteiger partial charge in [0.2, 0.25) is 5.89 Å². The van der Waals surface area contributed by atoms with Crippen molar-refractivity contribution in [2.45, 2.75) is 70.6 Å². The molecule has 2 heterocycles. The number of rotatable bonds is 11. The van der Waals surface area contributed by atoms with Gasteiger partial charge in [0.1, 0.15) is 6.04 Å². The Morgan fingerprint density at radius 2 is 1.48 bits per heavy atom. The van der Waals surface area contributed by atoms with Crippen LogP contribution in [0.15, 0.2) is 102 Å². The Kier molecular flexibility index (Phi) is 10.0. The number of aryl methyl sites for hydroxylation is 2. The van der Waals surface area contributed by atoms with Gasteiger partial charge in [-0.2, -0.15) is 4.98 Å². The number of hydrogen-bond acceptors (Lipinski definition) is 6. The Balaban J connectivity index is 1.15. The summed E-state index contributed by atoms with van der Waals surface area (Å²) < 4.78 is 12.1. The maximum absolute atomic E-state index is 14.1. The molecule has 1 aliphatic rings. The number of likely N-dealkylation sites (tertiary alicyclic amines) is 1. The number of carbonyl (C=O) groups is 2. The van der Waals surface area contributed by atoms with Crippen LogP contribution >= 0.6 is 0 Å². The van der Waals surface area contributed by atoms with Gasteiger partial charge in [0, 0.05) is 44.1 Å². The lowest BCUT2D eigenvalue weighted by atomic mass is 10.0. The van der Waals surface area contributed by atoms with Gasteiger partial charge in [-0.05, 0) is 86.2 Å². The number of carbonyl (C=O) groups excluding carboxylic acids is 2. The maximum Gasteiger partial charge on any atom is 0.254 e. The lowest BCUT2D eigenvalue weighted by Crippen LogP contribution is -2.34. The SMILES string of the molecule is CN(CCc1ccccc1)C(=O)c1ccc2cc(C(=O)N3C[C@H](OC(C)(C)C)C[C@H]3c3nc(CCCc4ccccc4)no3)ccc2c1. The Hall–Kier alpha value is -4.82. The van der Waals surface area contributed by atoms with Crippen LogP contribution in [0.1, 0.15) is 83.2 Å². The molecule has 0 spiro atoms. The number of amides is 2. The van der Waals surface area contributed by atoms with Gasteiger partial charge in [0.25, 0.3) is 11.8 Å². The quantitative estimate of drug-likeness (QED) is 0.148. The number of fused-ring (bicyclic) bond motifs is 1. The van der Waals surface area contributed by atoms with Crippen LogP contribution in [-0.2, 0) is 24.0 Å². The molecule has 1 saturated heterocycles. The van der Waals surface area contributed by atoms with Crippen molar-refractivity contribution < 1.29 is 18.8 Å². The van der Waals surface area contributed by atoms with Crippen LogP contribution in [-0.4, -0.2) is 63.6 Å². The van der Waals surface area contributed by atoms with Crippen molar-refractivity contribution in [3.8, 4) is 0 Å². The molecule has 5 aromatic rings. The largest absolute Gasteiger partial charge is 0.371 e. The molecule has 0 bridgehead atoms. The Morgan fingerprint density at radius 1 is 0.854 bits per heavy atom. The van der Waals surface area contributed by atoms with Crippen molar-refractivity contribution in [2.75, 3.05) is 20.1 Å². The third-order valence-corrected chi connectivity index (χ3v) is 8.78. The van der Waals surface area contributed by atoms with Crippen molar-refractivity contribution in [1.29, 1.82) is 0 Å².